The predicted molar refractivity (Wildman–Crippen MR) is 91.7 cm³/mol. The molecular weight excluding hydrogens is 272 g/mol. The molecule has 0 unspecified atom stereocenters. The minimum absolute atomic E-state index is 0.235. The summed E-state index contributed by atoms with van der Waals surface area (Å²) in [5.41, 5.74) is 2.78. The number of piperidine rings is 1. The molecular formula is C19H30N2O. The van der Waals surface area contributed by atoms with Gasteiger partial charge in [0, 0.05) is 25.6 Å². The number of carbonyl (C=O) groups is 1. The molecule has 122 valence electrons. The van der Waals surface area contributed by atoms with E-state index in [1.54, 1.807) is 0 Å². The lowest BCUT2D eigenvalue weighted by atomic mass is 9.95. The minimum atomic E-state index is 0.235. The number of hydrogen-bond acceptors (Lipinski definition) is 2. The SMILES string of the molecule is CCc1ccc(CN2CCC(C(=O)N(CC)CC)CC2)cc1. The molecule has 22 heavy (non-hydrogen) atoms. The quantitative estimate of drug-likeness (QED) is 0.805. The Balaban J connectivity index is 1.82. The first-order chi connectivity index (χ1) is 10.7. The fraction of sp³-hybridized carbons (Fsp3) is 0.632. The molecule has 1 aliphatic heterocycles. The Hall–Kier alpha value is -1.35. The van der Waals surface area contributed by atoms with Crippen molar-refractivity contribution >= 4 is 5.91 Å². The van der Waals surface area contributed by atoms with E-state index < -0.39 is 0 Å². The number of rotatable bonds is 6. The summed E-state index contributed by atoms with van der Waals surface area (Å²) >= 11 is 0. The van der Waals surface area contributed by atoms with Crippen LogP contribution in [-0.2, 0) is 17.8 Å². The number of aryl methyl sites for hydroxylation is 1. The molecule has 1 aromatic rings. The third-order valence-corrected chi connectivity index (χ3v) is 4.85. The Morgan fingerprint density at radius 2 is 1.59 bits per heavy atom. The maximum atomic E-state index is 12.4. The molecule has 1 fully saturated rings. The molecule has 0 aromatic heterocycles. The van der Waals surface area contributed by atoms with Crippen molar-refractivity contribution in [3.8, 4) is 0 Å². The second-order valence-electron chi connectivity index (χ2n) is 6.23. The molecule has 0 aliphatic carbocycles. The summed E-state index contributed by atoms with van der Waals surface area (Å²) in [4.78, 5) is 16.9. The fourth-order valence-electron chi connectivity index (χ4n) is 3.27. The van der Waals surface area contributed by atoms with Crippen LogP contribution in [0.1, 0.15) is 44.7 Å². The van der Waals surface area contributed by atoms with Gasteiger partial charge in [-0.15, -0.1) is 0 Å². The van der Waals surface area contributed by atoms with Crippen molar-refractivity contribution in [2.45, 2.75) is 46.6 Å². The van der Waals surface area contributed by atoms with E-state index in [-0.39, 0.29) is 5.92 Å². The lowest BCUT2D eigenvalue weighted by Crippen LogP contribution is -2.42. The van der Waals surface area contributed by atoms with Gasteiger partial charge in [0.2, 0.25) is 5.91 Å². The van der Waals surface area contributed by atoms with Crippen LogP contribution in [0.3, 0.4) is 0 Å². The highest BCUT2D eigenvalue weighted by Gasteiger charge is 2.27. The Bertz CT molecular complexity index is 457. The normalized spacial score (nSPS) is 16.7. The number of benzene rings is 1. The highest BCUT2D eigenvalue weighted by molar-refractivity contribution is 5.78. The molecule has 0 spiro atoms. The molecule has 1 aromatic carbocycles. The fourth-order valence-corrected chi connectivity index (χ4v) is 3.27. The van der Waals surface area contributed by atoms with E-state index in [4.69, 9.17) is 0 Å². The van der Waals surface area contributed by atoms with E-state index in [2.05, 4.69) is 49.9 Å². The van der Waals surface area contributed by atoms with E-state index in [0.29, 0.717) is 5.91 Å². The summed E-state index contributed by atoms with van der Waals surface area (Å²) in [5, 5.41) is 0. The molecule has 0 atom stereocenters. The van der Waals surface area contributed by atoms with Crippen molar-refractivity contribution in [2.24, 2.45) is 5.92 Å². The van der Waals surface area contributed by atoms with Crippen molar-refractivity contribution in [3.05, 3.63) is 35.4 Å². The van der Waals surface area contributed by atoms with Crippen LogP contribution < -0.4 is 0 Å². The van der Waals surface area contributed by atoms with E-state index in [0.717, 1.165) is 52.0 Å². The Kier molecular flexibility index (Phi) is 6.44. The van der Waals surface area contributed by atoms with Crippen molar-refractivity contribution in [2.75, 3.05) is 26.2 Å². The van der Waals surface area contributed by atoms with Crippen LogP contribution in [0.5, 0.6) is 0 Å². The molecule has 1 heterocycles. The topological polar surface area (TPSA) is 23.6 Å². The lowest BCUT2D eigenvalue weighted by molar-refractivity contribution is -0.136. The lowest BCUT2D eigenvalue weighted by Gasteiger charge is -2.33. The van der Waals surface area contributed by atoms with Crippen molar-refractivity contribution < 1.29 is 4.79 Å². The molecule has 0 radical (unpaired) electrons. The van der Waals surface area contributed by atoms with E-state index in [1.165, 1.54) is 11.1 Å². The van der Waals surface area contributed by atoms with Crippen LogP contribution in [0.25, 0.3) is 0 Å². The molecule has 3 heteroatoms. The maximum absolute atomic E-state index is 12.4. The van der Waals surface area contributed by atoms with Crippen LogP contribution >= 0.6 is 0 Å². The van der Waals surface area contributed by atoms with Crippen LogP contribution in [0.2, 0.25) is 0 Å². The molecule has 3 nitrogen and oxygen atoms in total. The first-order valence-electron chi connectivity index (χ1n) is 8.76. The van der Waals surface area contributed by atoms with Gasteiger partial charge < -0.3 is 4.90 Å². The van der Waals surface area contributed by atoms with Gasteiger partial charge in [-0.3, -0.25) is 9.69 Å². The second-order valence-corrected chi connectivity index (χ2v) is 6.23. The van der Waals surface area contributed by atoms with Crippen molar-refractivity contribution in [1.82, 2.24) is 9.80 Å². The number of carbonyl (C=O) groups excluding carboxylic acids is 1. The largest absolute Gasteiger partial charge is 0.343 e. The third-order valence-electron chi connectivity index (χ3n) is 4.85. The van der Waals surface area contributed by atoms with E-state index in [1.807, 2.05) is 4.90 Å². The average Bonchev–Trinajstić information content (AvgIpc) is 2.57. The van der Waals surface area contributed by atoms with Gasteiger partial charge in [-0.05, 0) is 57.3 Å². The van der Waals surface area contributed by atoms with Crippen LogP contribution in [0.15, 0.2) is 24.3 Å². The highest BCUT2D eigenvalue weighted by atomic mass is 16.2. The smallest absolute Gasteiger partial charge is 0.225 e. The van der Waals surface area contributed by atoms with E-state index >= 15 is 0 Å². The molecule has 2 rings (SSSR count). The second kappa shape index (κ2) is 8.33. The Morgan fingerprint density at radius 1 is 1.05 bits per heavy atom. The van der Waals surface area contributed by atoms with Gasteiger partial charge in [-0.2, -0.15) is 0 Å². The van der Waals surface area contributed by atoms with Crippen LogP contribution in [0, 0.1) is 5.92 Å². The molecule has 1 aliphatic rings. The standard InChI is InChI=1S/C19H30N2O/c1-4-16-7-9-17(10-8-16)15-20-13-11-18(12-14-20)19(22)21(5-2)6-3/h7-10,18H,4-6,11-15H2,1-3H3. The monoisotopic (exact) mass is 302 g/mol. The third kappa shape index (κ3) is 4.33. The summed E-state index contributed by atoms with van der Waals surface area (Å²) in [6, 6.07) is 8.94. The van der Waals surface area contributed by atoms with Crippen LogP contribution in [0.4, 0.5) is 0 Å². The predicted octanol–water partition coefficient (Wildman–Crippen LogP) is 3.33. The summed E-state index contributed by atoms with van der Waals surface area (Å²) in [6.45, 7) is 11.1. The van der Waals surface area contributed by atoms with Gasteiger partial charge >= 0.3 is 0 Å². The van der Waals surface area contributed by atoms with Crippen molar-refractivity contribution in [1.29, 1.82) is 0 Å². The zero-order valence-electron chi connectivity index (χ0n) is 14.3. The van der Waals surface area contributed by atoms with Gasteiger partial charge in [0.15, 0.2) is 0 Å². The van der Waals surface area contributed by atoms with E-state index in [9.17, 15) is 4.79 Å². The highest BCUT2D eigenvalue weighted by Crippen LogP contribution is 2.21. The van der Waals surface area contributed by atoms with Gasteiger partial charge in [-0.25, -0.2) is 0 Å². The Morgan fingerprint density at radius 3 is 2.09 bits per heavy atom. The van der Waals surface area contributed by atoms with Crippen molar-refractivity contribution in [3.63, 3.8) is 0 Å². The Labute approximate surface area is 135 Å². The molecule has 1 saturated heterocycles. The number of hydrogen-bond donors (Lipinski definition) is 0. The number of amides is 1. The minimum Gasteiger partial charge on any atom is -0.343 e. The zero-order valence-corrected chi connectivity index (χ0v) is 14.3. The summed E-state index contributed by atoms with van der Waals surface area (Å²) in [5.74, 6) is 0.593. The maximum Gasteiger partial charge on any atom is 0.225 e. The molecule has 0 N–H and O–H groups in total. The summed E-state index contributed by atoms with van der Waals surface area (Å²) < 4.78 is 0. The summed E-state index contributed by atoms with van der Waals surface area (Å²) in [6.07, 6.45) is 3.10. The zero-order chi connectivity index (χ0) is 15.9. The first kappa shape index (κ1) is 17.0. The van der Waals surface area contributed by atoms with Gasteiger partial charge in [-0.1, -0.05) is 31.2 Å². The van der Waals surface area contributed by atoms with Crippen LogP contribution in [-0.4, -0.2) is 41.9 Å². The molecule has 0 saturated carbocycles. The summed E-state index contributed by atoms with van der Waals surface area (Å²) in [7, 11) is 0. The molecule has 1 amide bonds. The average molecular weight is 302 g/mol. The first-order valence-corrected chi connectivity index (χ1v) is 8.76. The van der Waals surface area contributed by atoms with Gasteiger partial charge in [0.1, 0.15) is 0 Å². The molecule has 0 bridgehead atoms. The number of likely N-dealkylation sites (tertiary alicyclic amines) is 1. The van der Waals surface area contributed by atoms with Gasteiger partial charge in [0.25, 0.3) is 0 Å². The number of nitrogens with zero attached hydrogens (tertiary/aromatic N) is 2. The van der Waals surface area contributed by atoms with Gasteiger partial charge in [0.05, 0.1) is 0 Å².